The number of ether oxygens (including phenoxy) is 1. The van der Waals surface area contributed by atoms with E-state index in [2.05, 4.69) is 15.3 Å². The Balaban J connectivity index is 0.00000225. The van der Waals surface area contributed by atoms with E-state index in [1.54, 1.807) is 6.20 Å². The lowest BCUT2D eigenvalue weighted by atomic mass is 9.77. The second-order valence-corrected chi connectivity index (χ2v) is 6.63. The Kier molecular flexibility index (Phi) is 4.33. The van der Waals surface area contributed by atoms with Gasteiger partial charge in [-0.1, -0.05) is 6.07 Å². The van der Waals surface area contributed by atoms with E-state index >= 15 is 0 Å². The highest BCUT2D eigenvalue weighted by Crippen LogP contribution is 2.48. The third-order valence-electron chi connectivity index (χ3n) is 5.06. The number of carbonyl (C=O) groups excluding carboxylic acids is 1. The Labute approximate surface area is 153 Å². The molecule has 0 saturated carbocycles. The molecule has 27 heavy (non-hydrogen) atoms. The number of benzene rings is 1. The van der Waals surface area contributed by atoms with Crippen molar-refractivity contribution in [3.8, 4) is 0 Å². The first-order valence-electron chi connectivity index (χ1n) is 8.44. The van der Waals surface area contributed by atoms with Crippen molar-refractivity contribution >= 4 is 11.6 Å². The van der Waals surface area contributed by atoms with E-state index in [-0.39, 0.29) is 19.6 Å². The lowest BCUT2D eigenvalue weighted by Crippen LogP contribution is -2.36. The van der Waals surface area contributed by atoms with E-state index in [1.807, 2.05) is 0 Å². The van der Waals surface area contributed by atoms with Crippen molar-refractivity contribution in [1.29, 1.82) is 0 Å². The molecule has 9 heteroatoms. The Morgan fingerprint density at radius 3 is 2.70 bits per heavy atom. The number of hydrogen-bond acceptors (Lipinski definition) is 4. The molecule has 144 valence electrons. The van der Waals surface area contributed by atoms with Crippen LogP contribution in [0.25, 0.3) is 0 Å². The van der Waals surface area contributed by atoms with Crippen molar-refractivity contribution in [3.63, 3.8) is 0 Å². The fourth-order valence-corrected chi connectivity index (χ4v) is 3.93. The maximum Gasteiger partial charge on any atom is 0.419 e. The van der Waals surface area contributed by atoms with Gasteiger partial charge in [-0.3, -0.25) is 14.8 Å². The van der Waals surface area contributed by atoms with Gasteiger partial charge in [0.1, 0.15) is 0 Å². The zero-order valence-electron chi connectivity index (χ0n) is 13.9. The first-order chi connectivity index (χ1) is 12.9. The third kappa shape index (κ3) is 3.16. The van der Waals surface area contributed by atoms with Gasteiger partial charge in [0.25, 0.3) is 0 Å². The minimum Gasteiger partial charge on any atom is -0.373 e. The smallest absolute Gasteiger partial charge is 0.373 e. The minimum absolute atomic E-state index is 0. The molecule has 4 rings (SSSR count). The zero-order chi connectivity index (χ0) is 19.2. The number of amides is 1. The van der Waals surface area contributed by atoms with Crippen molar-refractivity contribution in [1.82, 2.24) is 9.97 Å². The van der Waals surface area contributed by atoms with Gasteiger partial charge in [0.15, 0.2) is 5.82 Å². The lowest BCUT2D eigenvalue weighted by molar-refractivity contribution is -0.140. The molecule has 0 unspecified atom stereocenters. The van der Waals surface area contributed by atoms with Gasteiger partial charge in [-0.25, -0.2) is 4.39 Å². The van der Waals surface area contributed by atoms with Crippen LogP contribution in [-0.2, 0) is 15.7 Å². The molecule has 3 heterocycles. The van der Waals surface area contributed by atoms with Crippen LogP contribution in [0.15, 0.2) is 36.8 Å². The number of nitrogens with zero attached hydrogens (tertiary/aromatic N) is 2. The topological polar surface area (TPSA) is 64.1 Å². The summed E-state index contributed by atoms with van der Waals surface area (Å²) in [6, 6.07) is 2.79. The van der Waals surface area contributed by atoms with Crippen LogP contribution in [-0.4, -0.2) is 28.1 Å². The summed E-state index contributed by atoms with van der Waals surface area (Å²) in [6.07, 6.45) is 0.526. The summed E-state index contributed by atoms with van der Waals surface area (Å²) in [6.45, 7) is 0. The molecule has 2 bridgehead atoms. The monoisotopic (exact) mass is 383 g/mol. The number of aromatic nitrogens is 2. The van der Waals surface area contributed by atoms with Gasteiger partial charge >= 0.3 is 6.18 Å². The molecule has 0 spiro atoms. The van der Waals surface area contributed by atoms with E-state index in [9.17, 15) is 22.4 Å². The Morgan fingerprint density at radius 2 is 2.00 bits per heavy atom. The molecule has 1 aromatic heterocycles. The average molecular weight is 383 g/mol. The molecule has 5 nitrogen and oxygen atoms in total. The normalized spacial score (nSPS) is 27.0. The van der Waals surface area contributed by atoms with Crippen molar-refractivity contribution < 1.29 is 28.5 Å². The van der Waals surface area contributed by atoms with Crippen LogP contribution in [0, 0.1) is 11.7 Å². The van der Waals surface area contributed by atoms with E-state index in [4.69, 9.17) is 4.74 Å². The Hall–Kier alpha value is -2.55. The third-order valence-corrected chi connectivity index (χ3v) is 5.06. The molecule has 1 amide bonds. The van der Waals surface area contributed by atoms with Crippen LogP contribution >= 0.6 is 0 Å². The first-order valence-corrected chi connectivity index (χ1v) is 8.44. The summed E-state index contributed by atoms with van der Waals surface area (Å²) < 4.78 is 58.7. The van der Waals surface area contributed by atoms with Gasteiger partial charge in [-0.15, -0.1) is 0 Å². The number of rotatable bonds is 3. The number of carbonyl (C=O) groups is 1. The molecule has 2 aliphatic rings. The SMILES string of the molecule is O=C(Nc1cccc(C(F)(F)F)c1F)[C@@H]1[C@H](c2cnccn2)[C@@H]2CC[C@H]1O2.[HH]. The first kappa shape index (κ1) is 17.8. The van der Waals surface area contributed by atoms with E-state index < -0.39 is 35.1 Å². The highest BCUT2D eigenvalue weighted by Gasteiger charge is 2.53. The average Bonchev–Trinajstić information content (AvgIpc) is 3.24. The summed E-state index contributed by atoms with van der Waals surface area (Å²) in [5.41, 5.74) is -1.35. The van der Waals surface area contributed by atoms with Crippen molar-refractivity contribution in [2.45, 2.75) is 37.1 Å². The number of nitrogens with one attached hydrogen (secondary N) is 1. The predicted molar refractivity (Wildman–Crippen MR) is 88.3 cm³/mol. The minimum atomic E-state index is -4.84. The van der Waals surface area contributed by atoms with Gasteiger partial charge in [-0.2, -0.15) is 13.2 Å². The predicted octanol–water partition coefficient (Wildman–Crippen LogP) is 3.78. The van der Waals surface area contributed by atoms with Crippen LogP contribution in [0.5, 0.6) is 0 Å². The molecule has 0 radical (unpaired) electrons. The molecular formula is C18H17F4N3O2. The largest absolute Gasteiger partial charge is 0.419 e. The summed E-state index contributed by atoms with van der Waals surface area (Å²) >= 11 is 0. The van der Waals surface area contributed by atoms with E-state index in [0.29, 0.717) is 18.2 Å². The molecular weight excluding hydrogens is 366 g/mol. The number of anilines is 1. The highest BCUT2D eigenvalue weighted by molar-refractivity contribution is 5.94. The number of alkyl halides is 3. The van der Waals surface area contributed by atoms with Gasteiger partial charge in [-0.05, 0) is 25.0 Å². The molecule has 1 aromatic carbocycles. The molecule has 2 saturated heterocycles. The maximum atomic E-state index is 14.2. The van der Waals surface area contributed by atoms with E-state index in [0.717, 1.165) is 18.6 Å². The molecule has 0 aliphatic carbocycles. The van der Waals surface area contributed by atoms with E-state index in [1.165, 1.54) is 12.4 Å². The number of fused-ring (bicyclic) bond motifs is 2. The summed E-state index contributed by atoms with van der Waals surface area (Å²) in [5.74, 6) is -3.13. The summed E-state index contributed by atoms with van der Waals surface area (Å²) in [5, 5.41) is 2.31. The van der Waals surface area contributed by atoms with Crippen LogP contribution in [0.3, 0.4) is 0 Å². The molecule has 2 fully saturated rings. The molecule has 2 aromatic rings. The zero-order valence-corrected chi connectivity index (χ0v) is 13.9. The Bertz CT molecular complexity index is 866. The van der Waals surface area contributed by atoms with Crippen molar-refractivity contribution in [3.05, 3.63) is 53.9 Å². The molecule has 4 atom stereocenters. The Morgan fingerprint density at radius 1 is 1.22 bits per heavy atom. The summed E-state index contributed by atoms with van der Waals surface area (Å²) in [7, 11) is 0. The number of hydrogen-bond donors (Lipinski definition) is 1. The van der Waals surface area contributed by atoms with Crippen LogP contribution in [0.1, 0.15) is 31.4 Å². The van der Waals surface area contributed by atoms with Crippen LogP contribution < -0.4 is 5.32 Å². The molecule has 1 N–H and O–H groups in total. The quantitative estimate of drug-likeness (QED) is 0.820. The van der Waals surface area contributed by atoms with Crippen molar-refractivity contribution in [2.24, 2.45) is 5.92 Å². The maximum absolute atomic E-state index is 14.2. The molecule has 2 aliphatic heterocycles. The van der Waals surface area contributed by atoms with Crippen molar-refractivity contribution in [2.75, 3.05) is 5.32 Å². The number of halogens is 4. The second-order valence-electron chi connectivity index (χ2n) is 6.63. The van der Waals surface area contributed by atoms with Gasteiger partial charge in [0, 0.05) is 25.9 Å². The second kappa shape index (κ2) is 6.56. The lowest BCUT2D eigenvalue weighted by Gasteiger charge is -2.26. The fraction of sp³-hybridized carbons (Fsp3) is 0.389. The van der Waals surface area contributed by atoms with Crippen LogP contribution in [0.4, 0.5) is 23.2 Å². The summed E-state index contributed by atoms with van der Waals surface area (Å²) in [4.78, 5) is 21.1. The van der Waals surface area contributed by atoms with Gasteiger partial charge in [0.2, 0.25) is 5.91 Å². The van der Waals surface area contributed by atoms with Gasteiger partial charge < -0.3 is 10.1 Å². The highest BCUT2D eigenvalue weighted by atomic mass is 19.4. The van der Waals surface area contributed by atoms with Crippen LogP contribution in [0.2, 0.25) is 0 Å². The fourth-order valence-electron chi connectivity index (χ4n) is 3.93. The van der Waals surface area contributed by atoms with Gasteiger partial charge in [0.05, 0.1) is 35.1 Å². The standard InChI is InChI=1S/C18H15F4N3O2.H2/c19-16-9(18(20,21)22)2-1-3-10(16)25-17(26)15-13-5-4-12(27-13)14(15)11-8-23-6-7-24-11;/h1-3,6-8,12-15H,4-5H2,(H,25,26);1H/t12-,13+,14+,15-;/m0./s1.